The molecular formula is C19H14N4O2. The number of hydrogen-bond donors (Lipinski definition) is 0. The van der Waals surface area contributed by atoms with Crippen LogP contribution in [0.1, 0.15) is 16.8 Å². The fourth-order valence-electron chi connectivity index (χ4n) is 2.48. The van der Waals surface area contributed by atoms with Crippen molar-refractivity contribution in [3.05, 3.63) is 83.3 Å². The van der Waals surface area contributed by atoms with E-state index in [0.29, 0.717) is 11.6 Å². The molecule has 0 bridgehead atoms. The Labute approximate surface area is 144 Å². The maximum atomic E-state index is 12.1. The molecule has 0 saturated heterocycles. The molecule has 2 heterocycles. The quantitative estimate of drug-likeness (QED) is 0.547. The summed E-state index contributed by atoms with van der Waals surface area (Å²) >= 11 is 0. The Morgan fingerprint density at radius 3 is 2.72 bits per heavy atom. The highest BCUT2D eigenvalue weighted by atomic mass is 16.6. The molecule has 1 aromatic heterocycles. The smallest absolute Gasteiger partial charge is 0.363 e. The van der Waals surface area contributed by atoms with E-state index in [1.165, 1.54) is 4.80 Å². The van der Waals surface area contributed by atoms with E-state index in [9.17, 15) is 4.79 Å². The monoisotopic (exact) mass is 330 g/mol. The van der Waals surface area contributed by atoms with Crippen molar-refractivity contribution < 1.29 is 9.53 Å². The van der Waals surface area contributed by atoms with Gasteiger partial charge in [0.1, 0.15) is 5.69 Å². The third-order valence-corrected chi connectivity index (χ3v) is 3.67. The first-order valence-electron chi connectivity index (χ1n) is 7.76. The zero-order valence-electron chi connectivity index (χ0n) is 13.5. The highest BCUT2D eigenvalue weighted by molar-refractivity contribution is 6.12. The number of para-hydroxylation sites is 1. The molecule has 2 aromatic carbocycles. The number of hydrogen-bond acceptors (Lipinski definition) is 5. The molecule has 0 N–H and O–H groups in total. The Bertz CT molecular complexity index is 1000. The Balaban J connectivity index is 1.63. The van der Waals surface area contributed by atoms with E-state index in [2.05, 4.69) is 15.2 Å². The van der Waals surface area contributed by atoms with E-state index in [1.54, 1.807) is 12.3 Å². The van der Waals surface area contributed by atoms with E-state index in [0.717, 1.165) is 16.8 Å². The first kappa shape index (κ1) is 15.0. The second-order valence-corrected chi connectivity index (χ2v) is 5.60. The van der Waals surface area contributed by atoms with E-state index in [1.807, 2.05) is 61.5 Å². The molecule has 6 nitrogen and oxygen atoms in total. The number of esters is 1. The third kappa shape index (κ3) is 3.10. The van der Waals surface area contributed by atoms with Crippen molar-refractivity contribution in [2.45, 2.75) is 6.92 Å². The van der Waals surface area contributed by atoms with Crippen LogP contribution in [0.15, 0.2) is 71.5 Å². The summed E-state index contributed by atoms with van der Waals surface area (Å²) in [6, 6.07) is 17.2. The summed E-state index contributed by atoms with van der Waals surface area (Å²) < 4.78 is 5.27. The molecule has 122 valence electrons. The fraction of sp³-hybridized carbons (Fsp3) is 0.0526. The summed E-state index contributed by atoms with van der Waals surface area (Å²) in [5, 5.41) is 8.55. The van der Waals surface area contributed by atoms with Crippen LogP contribution in [0.25, 0.3) is 11.8 Å². The normalized spacial score (nSPS) is 15.3. The second-order valence-electron chi connectivity index (χ2n) is 5.60. The molecular weight excluding hydrogens is 316 g/mol. The van der Waals surface area contributed by atoms with Gasteiger partial charge in [-0.1, -0.05) is 35.9 Å². The van der Waals surface area contributed by atoms with E-state index in [-0.39, 0.29) is 5.70 Å². The largest absolute Gasteiger partial charge is 0.402 e. The topological polar surface area (TPSA) is 69.4 Å². The molecule has 1 aliphatic heterocycles. The average Bonchev–Trinajstić information content (AvgIpc) is 3.24. The van der Waals surface area contributed by atoms with Crippen LogP contribution in [0.2, 0.25) is 0 Å². The molecule has 0 amide bonds. The summed E-state index contributed by atoms with van der Waals surface area (Å²) in [6.07, 6.45) is 3.14. The van der Waals surface area contributed by atoms with Crippen molar-refractivity contribution in [1.29, 1.82) is 0 Å². The Kier molecular flexibility index (Phi) is 3.70. The van der Waals surface area contributed by atoms with Gasteiger partial charge in [-0.05, 0) is 31.2 Å². The molecule has 0 atom stereocenters. The van der Waals surface area contributed by atoms with Crippen LogP contribution in [0, 0.1) is 6.92 Å². The van der Waals surface area contributed by atoms with Crippen LogP contribution < -0.4 is 0 Å². The molecule has 25 heavy (non-hydrogen) atoms. The van der Waals surface area contributed by atoms with E-state index >= 15 is 0 Å². The number of aliphatic imine (C=N–C) groups is 1. The van der Waals surface area contributed by atoms with Gasteiger partial charge in [0.2, 0.25) is 5.90 Å². The summed E-state index contributed by atoms with van der Waals surface area (Å²) in [5.74, 6) is -0.193. The van der Waals surface area contributed by atoms with Gasteiger partial charge in [-0.25, -0.2) is 9.79 Å². The number of aromatic nitrogens is 3. The van der Waals surface area contributed by atoms with Crippen LogP contribution in [-0.4, -0.2) is 26.9 Å². The van der Waals surface area contributed by atoms with Crippen LogP contribution in [0.3, 0.4) is 0 Å². The molecule has 0 aliphatic carbocycles. The van der Waals surface area contributed by atoms with Gasteiger partial charge in [-0.3, -0.25) is 0 Å². The van der Waals surface area contributed by atoms with E-state index in [4.69, 9.17) is 4.74 Å². The van der Waals surface area contributed by atoms with Crippen LogP contribution in [0.5, 0.6) is 0 Å². The van der Waals surface area contributed by atoms with Gasteiger partial charge < -0.3 is 4.74 Å². The predicted octanol–water partition coefficient (Wildman–Crippen LogP) is 2.92. The van der Waals surface area contributed by atoms with Gasteiger partial charge in [0.05, 0.1) is 11.9 Å². The molecule has 4 rings (SSSR count). The summed E-state index contributed by atoms with van der Waals surface area (Å²) in [4.78, 5) is 17.8. The number of ether oxygens (including phenoxy) is 1. The predicted molar refractivity (Wildman–Crippen MR) is 93.1 cm³/mol. The summed E-state index contributed by atoms with van der Waals surface area (Å²) in [7, 11) is 0. The maximum absolute atomic E-state index is 12.1. The molecule has 3 aromatic rings. The number of benzene rings is 2. The molecule has 0 spiro atoms. The average molecular weight is 330 g/mol. The lowest BCUT2D eigenvalue weighted by Crippen LogP contribution is -2.05. The zero-order valence-corrected chi connectivity index (χ0v) is 13.5. The fourth-order valence-corrected chi connectivity index (χ4v) is 2.48. The van der Waals surface area contributed by atoms with Crippen molar-refractivity contribution in [2.75, 3.05) is 0 Å². The minimum absolute atomic E-state index is 0.205. The lowest BCUT2D eigenvalue weighted by atomic mass is 10.1. The van der Waals surface area contributed by atoms with E-state index < -0.39 is 5.97 Å². The number of cyclic esters (lactones) is 1. The maximum Gasteiger partial charge on any atom is 0.363 e. The number of aryl methyl sites for hydroxylation is 1. The van der Waals surface area contributed by atoms with Gasteiger partial charge in [-0.15, -0.1) is 5.10 Å². The Morgan fingerprint density at radius 1 is 1.08 bits per heavy atom. The van der Waals surface area contributed by atoms with Crippen molar-refractivity contribution in [3.63, 3.8) is 0 Å². The molecule has 1 aliphatic rings. The molecule has 6 heteroatoms. The minimum Gasteiger partial charge on any atom is -0.402 e. The molecule has 0 saturated carbocycles. The van der Waals surface area contributed by atoms with Gasteiger partial charge in [0, 0.05) is 11.6 Å². The van der Waals surface area contributed by atoms with Crippen LogP contribution >= 0.6 is 0 Å². The number of nitrogens with zero attached hydrogens (tertiary/aromatic N) is 4. The Hall–Kier alpha value is -3.54. The first-order chi connectivity index (χ1) is 12.2. The lowest BCUT2D eigenvalue weighted by Gasteiger charge is -1.99. The standard InChI is InChI=1S/C19H14N4O2/c1-13-6-5-7-14(10-13)18-21-17(19(24)25-18)11-15-12-20-23(22-15)16-8-3-2-4-9-16/h2-12H,1H3. The molecule has 0 radical (unpaired) electrons. The lowest BCUT2D eigenvalue weighted by molar-refractivity contribution is -0.129. The van der Waals surface area contributed by atoms with Gasteiger partial charge >= 0.3 is 5.97 Å². The highest BCUT2D eigenvalue weighted by Crippen LogP contribution is 2.19. The van der Waals surface area contributed by atoms with Crippen molar-refractivity contribution in [2.24, 2.45) is 4.99 Å². The van der Waals surface area contributed by atoms with Crippen molar-refractivity contribution in [1.82, 2.24) is 15.0 Å². The minimum atomic E-state index is -0.495. The first-order valence-corrected chi connectivity index (χ1v) is 7.76. The number of carbonyl (C=O) groups is 1. The zero-order chi connectivity index (χ0) is 17.2. The SMILES string of the molecule is Cc1cccc(C2=NC(=Cc3cnn(-c4ccccc4)n3)C(=O)O2)c1. The van der Waals surface area contributed by atoms with Crippen LogP contribution in [0.4, 0.5) is 0 Å². The summed E-state index contributed by atoms with van der Waals surface area (Å²) in [5.41, 5.74) is 3.41. The Morgan fingerprint density at radius 2 is 1.92 bits per heavy atom. The number of carbonyl (C=O) groups excluding carboxylic acids is 1. The second kappa shape index (κ2) is 6.16. The number of rotatable bonds is 3. The summed E-state index contributed by atoms with van der Waals surface area (Å²) in [6.45, 7) is 1.97. The highest BCUT2D eigenvalue weighted by Gasteiger charge is 2.24. The molecule has 0 fully saturated rings. The van der Waals surface area contributed by atoms with Crippen molar-refractivity contribution in [3.8, 4) is 5.69 Å². The van der Waals surface area contributed by atoms with Gasteiger partial charge in [0.25, 0.3) is 0 Å². The van der Waals surface area contributed by atoms with Crippen LogP contribution in [-0.2, 0) is 9.53 Å². The van der Waals surface area contributed by atoms with Gasteiger partial charge in [0.15, 0.2) is 5.70 Å². The molecule has 0 unspecified atom stereocenters. The third-order valence-electron chi connectivity index (χ3n) is 3.67. The van der Waals surface area contributed by atoms with Gasteiger partial charge in [-0.2, -0.15) is 9.90 Å². The van der Waals surface area contributed by atoms with Crippen molar-refractivity contribution >= 4 is 17.9 Å².